The predicted octanol–water partition coefficient (Wildman–Crippen LogP) is -1.99. The highest BCUT2D eigenvalue weighted by Crippen LogP contribution is 1.82. The summed E-state index contributed by atoms with van der Waals surface area (Å²) in [5.41, 5.74) is 10.7. The topological polar surface area (TPSA) is 84.5 Å². The summed E-state index contributed by atoms with van der Waals surface area (Å²) in [7, 11) is 2.03. The van der Waals surface area contributed by atoms with Crippen molar-refractivity contribution in [3.63, 3.8) is 0 Å². The fraction of sp³-hybridized carbons (Fsp3) is 1.00. The minimum Gasteiger partial charge on any atom is -0.329 e. The third-order valence-electron chi connectivity index (χ3n) is 1.70. The third-order valence-corrected chi connectivity index (χ3v) is 1.70. The third kappa shape index (κ3) is 6.51. The molecule has 12 heavy (non-hydrogen) atoms. The Bertz CT molecular complexity index is 85.8. The van der Waals surface area contributed by atoms with Crippen molar-refractivity contribution in [2.45, 2.75) is 0 Å². The van der Waals surface area contributed by atoms with Gasteiger partial charge in [0, 0.05) is 39.3 Å². The first kappa shape index (κ1) is 11.8. The standard InChI is InChI=1S/C7H21N5/c1-11(4-2-8)6-7-12(10)5-3-9/h2-10H2,1H3. The molecule has 0 atom stereocenters. The minimum absolute atomic E-state index is 0.608. The Balaban J connectivity index is 3.27. The lowest BCUT2D eigenvalue weighted by Crippen LogP contribution is -2.41. The Kier molecular flexibility index (Phi) is 7.33. The lowest BCUT2D eigenvalue weighted by atomic mass is 10.5. The van der Waals surface area contributed by atoms with Crippen molar-refractivity contribution in [3.8, 4) is 0 Å². The van der Waals surface area contributed by atoms with E-state index in [2.05, 4.69) is 4.90 Å². The van der Waals surface area contributed by atoms with Crippen molar-refractivity contribution < 1.29 is 0 Å². The van der Waals surface area contributed by atoms with Gasteiger partial charge in [0.15, 0.2) is 0 Å². The molecule has 0 aliphatic rings. The van der Waals surface area contributed by atoms with E-state index in [0.717, 1.165) is 26.2 Å². The Hall–Kier alpha value is -0.200. The van der Waals surface area contributed by atoms with Gasteiger partial charge in [0.05, 0.1) is 0 Å². The zero-order valence-electron chi connectivity index (χ0n) is 7.87. The second-order valence-corrected chi connectivity index (χ2v) is 2.92. The molecule has 0 amide bonds. The van der Waals surface area contributed by atoms with Crippen molar-refractivity contribution in [3.05, 3.63) is 0 Å². The number of likely N-dealkylation sites (N-methyl/N-ethyl adjacent to an activating group) is 1. The van der Waals surface area contributed by atoms with E-state index in [0.29, 0.717) is 13.1 Å². The van der Waals surface area contributed by atoms with Crippen LogP contribution in [0.5, 0.6) is 0 Å². The molecule has 0 aliphatic carbocycles. The fourth-order valence-corrected chi connectivity index (χ4v) is 0.909. The summed E-state index contributed by atoms with van der Waals surface area (Å²) in [5, 5.41) is 1.73. The van der Waals surface area contributed by atoms with Crippen LogP contribution in [-0.4, -0.2) is 56.2 Å². The first-order valence-electron chi connectivity index (χ1n) is 4.29. The summed E-state index contributed by atoms with van der Waals surface area (Å²) in [5.74, 6) is 5.62. The summed E-state index contributed by atoms with van der Waals surface area (Å²) < 4.78 is 0. The molecule has 5 heteroatoms. The van der Waals surface area contributed by atoms with Gasteiger partial charge in [-0.1, -0.05) is 0 Å². The molecule has 0 aliphatic heterocycles. The van der Waals surface area contributed by atoms with Gasteiger partial charge in [-0.05, 0) is 7.05 Å². The van der Waals surface area contributed by atoms with Gasteiger partial charge in [-0.15, -0.1) is 0 Å². The SMILES string of the molecule is CN(CCN)CCN(N)CCN. The Morgan fingerprint density at radius 2 is 1.50 bits per heavy atom. The van der Waals surface area contributed by atoms with Gasteiger partial charge in [-0.25, -0.2) is 5.01 Å². The van der Waals surface area contributed by atoms with Gasteiger partial charge in [0.1, 0.15) is 0 Å². The number of hydrogen-bond acceptors (Lipinski definition) is 5. The molecule has 0 spiro atoms. The molecule has 0 saturated carbocycles. The van der Waals surface area contributed by atoms with E-state index in [1.165, 1.54) is 0 Å². The molecular formula is C7H21N5. The molecule has 0 radical (unpaired) electrons. The van der Waals surface area contributed by atoms with Gasteiger partial charge in [-0.3, -0.25) is 5.84 Å². The predicted molar refractivity (Wildman–Crippen MR) is 51.4 cm³/mol. The molecule has 0 bridgehead atoms. The van der Waals surface area contributed by atoms with Gasteiger partial charge in [-0.2, -0.15) is 0 Å². The quantitative estimate of drug-likeness (QED) is 0.308. The maximum Gasteiger partial charge on any atom is 0.0256 e. The van der Waals surface area contributed by atoms with Crippen molar-refractivity contribution in [1.29, 1.82) is 0 Å². The number of hydrazine groups is 1. The molecule has 0 aromatic rings. The molecule has 0 aromatic carbocycles. The van der Waals surface area contributed by atoms with E-state index in [1.54, 1.807) is 5.01 Å². The lowest BCUT2D eigenvalue weighted by Gasteiger charge is -2.20. The summed E-state index contributed by atoms with van der Waals surface area (Å²) in [6.07, 6.45) is 0. The molecule has 0 heterocycles. The Morgan fingerprint density at radius 3 is 2.00 bits per heavy atom. The maximum atomic E-state index is 5.62. The van der Waals surface area contributed by atoms with Crippen LogP contribution in [0, 0.1) is 0 Å². The van der Waals surface area contributed by atoms with Crippen molar-refractivity contribution in [1.82, 2.24) is 9.91 Å². The number of nitrogens with zero attached hydrogens (tertiary/aromatic N) is 2. The highest BCUT2D eigenvalue weighted by Gasteiger charge is 1.99. The smallest absolute Gasteiger partial charge is 0.0256 e. The average molecular weight is 175 g/mol. The fourth-order valence-electron chi connectivity index (χ4n) is 0.909. The molecule has 0 rings (SSSR count). The largest absolute Gasteiger partial charge is 0.329 e. The molecule has 5 nitrogen and oxygen atoms in total. The molecule has 0 saturated heterocycles. The second-order valence-electron chi connectivity index (χ2n) is 2.92. The van der Waals surface area contributed by atoms with Crippen molar-refractivity contribution in [2.24, 2.45) is 17.3 Å². The zero-order chi connectivity index (χ0) is 9.40. The van der Waals surface area contributed by atoms with Gasteiger partial charge >= 0.3 is 0 Å². The summed E-state index contributed by atoms with van der Waals surface area (Å²) in [4.78, 5) is 2.15. The highest BCUT2D eigenvalue weighted by atomic mass is 15.4. The van der Waals surface area contributed by atoms with Gasteiger partial charge in [0.2, 0.25) is 0 Å². The normalized spacial score (nSPS) is 11.5. The first-order valence-corrected chi connectivity index (χ1v) is 4.29. The van der Waals surface area contributed by atoms with Gasteiger partial charge < -0.3 is 16.4 Å². The molecular weight excluding hydrogens is 154 g/mol. The molecule has 6 N–H and O–H groups in total. The van der Waals surface area contributed by atoms with E-state index in [9.17, 15) is 0 Å². The second kappa shape index (κ2) is 7.45. The van der Waals surface area contributed by atoms with Crippen LogP contribution < -0.4 is 17.3 Å². The minimum atomic E-state index is 0.608. The van der Waals surface area contributed by atoms with Crippen LogP contribution >= 0.6 is 0 Å². The van der Waals surface area contributed by atoms with E-state index in [1.807, 2.05) is 7.05 Å². The average Bonchev–Trinajstić information content (AvgIpc) is 2.02. The number of nitrogens with two attached hydrogens (primary N) is 3. The highest BCUT2D eigenvalue weighted by molar-refractivity contribution is 4.55. The first-order chi connectivity index (χ1) is 5.70. The maximum absolute atomic E-state index is 5.62. The van der Waals surface area contributed by atoms with Crippen LogP contribution in [0.25, 0.3) is 0 Å². The lowest BCUT2D eigenvalue weighted by molar-refractivity contribution is 0.236. The van der Waals surface area contributed by atoms with E-state index >= 15 is 0 Å². The van der Waals surface area contributed by atoms with Crippen LogP contribution in [0.4, 0.5) is 0 Å². The molecule has 0 fully saturated rings. The molecule has 74 valence electrons. The van der Waals surface area contributed by atoms with E-state index in [4.69, 9.17) is 17.3 Å². The van der Waals surface area contributed by atoms with Crippen LogP contribution in [0.15, 0.2) is 0 Å². The Morgan fingerprint density at radius 1 is 0.917 bits per heavy atom. The molecule has 0 aromatic heterocycles. The number of rotatable bonds is 7. The molecule has 0 unspecified atom stereocenters. The van der Waals surface area contributed by atoms with Crippen LogP contribution in [0.2, 0.25) is 0 Å². The van der Waals surface area contributed by atoms with Gasteiger partial charge in [0.25, 0.3) is 0 Å². The Labute approximate surface area is 74.4 Å². The van der Waals surface area contributed by atoms with Crippen LogP contribution in [0.1, 0.15) is 0 Å². The summed E-state index contributed by atoms with van der Waals surface area (Å²) >= 11 is 0. The van der Waals surface area contributed by atoms with Crippen LogP contribution in [0.3, 0.4) is 0 Å². The summed E-state index contributed by atoms with van der Waals surface area (Å²) in [6.45, 7) is 4.74. The van der Waals surface area contributed by atoms with E-state index in [-0.39, 0.29) is 0 Å². The van der Waals surface area contributed by atoms with E-state index < -0.39 is 0 Å². The van der Waals surface area contributed by atoms with Crippen LogP contribution in [-0.2, 0) is 0 Å². The summed E-state index contributed by atoms with van der Waals surface area (Å²) in [6, 6.07) is 0. The van der Waals surface area contributed by atoms with Crippen molar-refractivity contribution >= 4 is 0 Å². The number of hydrogen-bond donors (Lipinski definition) is 3. The van der Waals surface area contributed by atoms with Crippen molar-refractivity contribution in [2.75, 3.05) is 46.3 Å². The monoisotopic (exact) mass is 175 g/mol. The zero-order valence-corrected chi connectivity index (χ0v) is 7.87.